The molecular weight excluding hydrogens is 293 g/mol. The SMILES string of the molecule is O=[N+]([O-])c1ccc(Oc2ccc(O)c(Cl)c2)c(Cl)c1. The van der Waals surface area contributed by atoms with E-state index in [1.807, 2.05) is 0 Å². The van der Waals surface area contributed by atoms with Gasteiger partial charge in [-0.2, -0.15) is 0 Å². The number of non-ortho nitro benzene ring substituents is 1. The molecule has 1 N–H and O–H groups in total. The second-order valence-corrected chi connectivity index (χ2v) is 4.40. The molecule has 0 fully saturated rings. The van der Waals surface area contributed by atoms with E-state index in [0.29, 0.717) is 5.75 Å². The summed E-state index contributed by atoms with van der Waals surface area (Å²) in [5.41, 5.74) is -0.124. The largest absolute Gasteiger partial charge is 0.506 e. The Kier molecular flexibility index (Phi) is 3.78. The summed E-state index contributed by atoms with van der Waals surface area (Å²) in [6, 6.07) is 8.15. The molecule has 0 heterocycles. The average molecular weight is 300 g/mol. The summed E-state index contributed by atoms with van der Waals surface area (Å²) in [5, 5.41) is 20.1. The van der Waals surface area contributed by atoms with Crippen LogP contribution in [0.15, 0.2) is 36.4 Å². The van der Waals surface area contributed by atoms with Crippen molar-refractivity contribution in [3.05, 3.63) is 56.6 Å². The molecule has 2 aromatic rings. The van der Waals surface area contributed by atoms with Gasteiger partial charge >= 0.3 is 0 Å². The minimum absolute atomic E-state index is 0.0659. The molecule has 2 aromatic carbocycles. The molecule has 0 amide bonds. The summed E-state index contributed by atoms with van der Waals surface area (Å²) < 4.78 is 5.43. The predicted molar refractivity (Wildman–Crippen MR) is 71.3 cm³/mol. The third-order valence-corrected chi connectivity index (χ3v) is 2.87. The van der Waals surface area contributed by atoms with Gasteiger partial charge in [0.1, 0.15) is 17.2 Å². The minimum Gasteiger partial charge on any atom is -0.506 e. The van der Waals surface area contributed by atoms with Crippen LogP contribution in [0.4, 0.5) is 5.69 Å². The molecule has 5 nitrogen and oxygen atoms in total. The third kappa shape index (κ3) is 3.07. The smallest absolute Gasteiger partial charge is 0.271 e. The summed E-state index contributed by atoms with van der Waals surface area (Å²) in [6.07, 6.45) is 0. The third-order valence-electron chi connectivity index (χ3n) is 2.27. The van der Waals surface area contributed by atoms with Gasteiger partial charge in [0, 0.05) is 18.2 Å². The van der Waals surface area contributed by atoms with Crippen molar-refractivity contribution in [2.45, 2.75) is 0 Å². The first-order valence-electron chi connectivity index (χ1n) is 5.07. The molecule has 0 aromatic heterocycles. The highest BCUT2D eigenvalue weighted by Gasteiger charge is 2.11. The summed E-state index contributed by atoms with van der Waals surface area (Å²) in [4.78, 5) is 10.0. The Morgan fingerprint density at radius 3 is 2.42 bits per heavy atom. The first-order chi connectivity index (χ1) is 8.97. The number of nitrogens with zero attached hydrogens (tertiary/aromatic N) is 1. The van der Waals surface area contributed by atoms with Gasteiger partial charge in [-0.1, -0.05) is 23.2 Å². The van der Waals surface area contributed by atoms with Gasteiger partial charge < -0.3 is 9.84 Å². The van der Waals surface area contributed by atoms with Crippen LogP contribution in [0.5, 0.6) is 17.2 Å². The van der Waals surface area contributed by atoms with E-state index in [-0.39, 0.29) is 27.2 Å². The van der Waals surface area contributed by atoms with Crippen molar-refractivity contribution >= 4 is 28.9 Å². The predicted octanol–water partition coefficient (Wildman–Crippen LogP) is 4.40. The van der Waals surface area contributed by atoms with Gasteiger partial charge in [-0.25, -0.2) is 0 Å². The number of hydrogen-bond donors (Lipinski definition) is 1. The molecule has 0 bridgehead atoms. The van der Waals surface area contributed by atoms with E-state index in [4.69, 9.17) is 27.9 Å². The fourth-order valence-electron chi connectivity index (χ4n) is 1.36. The summed E-state index contributed by atoms with van der Waals surface area (Å²) >= 11 is 11.6. The van der Waals surface area contributed by atoms with Gasteiger partial charge in [-0.15, -0.1) is 0 Å². The van der Waals surface area contributed by atoms with E-state index in [1.165, 1.54) is 36.4 Å². The Morgan fingerprint density at radius 1 is 1.11 bits per heavy atom. The van der Waals surface area contributed by atoms with Crippen molar-refractivity contribution < 1.29 is 14.8 Å². The van der Waals surface area contributed by atoms with E-state index in [9.17, 15) is 15.2 Å². The Bertz CT molecular complexity index is 646. The first kappa shape index (κ1) is 13.5. The standard InChI is InChI=1S/C12H7Cl2NO4/c13-9-6-8(2-3-11(9)16)19-12-4-1-7(15(17)18)5-10(12)14/h1-6,16H. The van der Waals surface area contributed by atoms with Crippen LogP contribution in [-0.4, -0.2) is 10.0 Å². The molecule has 0 unspecified atom stereocenters. The van der Waals surface area contributed by atoms with Gasteiger partial charge in [0.2, 0.25) is 0 Å². The molecule has 98 valence electrons. The Labute approximate surface area is 118 Å². The maximum absolute atomic E-state index is 10.6. The fraction of sp³-hybridized carbons (Fsp3) is 0. The lowest BCUT2D eigenvalue weighted by atomic mass is 10.3. The lowest BCUT2D eigenvalue weighted by Crippen LogP contribution is -1.90. The molecule has 0 saturated heterocycles. The van der Waals surface area contributed by atoms with E-state index < -0.39 is 4.92 Å². The van der Waals surface area contributed by atoms with Crippen molar-refractivity contribution in [1.29, 1.82) is 0 Å². The number of hydrogen-bond acceptors (Lipinski definition) is 4. The van der Waals surface area contributed by atoms with E-state index in [2.05, 4.69) is 0 Å². The Balaban J connectivity index is 2.28. The zero-order valence-electron chi connectivity index (χ0n) is 9.34. The second kappa shape index (κ2) is 5.34. The van der Waals surface area contributed by atoms with E-state index >= 15 is 0 Å². The molecule has 0 saturated carbocycles. The van der Waals surface area contributed by atoms with Crippen molar-refractivity contribution in [2.75, 3.05) is 0 Å². The molecule has 2 rings (SSSR count). The highest BCUT2D eigenvalue weighted by atomic mass is 35.5. The second-order valence-electron chi connectivity index (χ2n) is 3.59. The molecular formula is C12H7Cl2NO4. The Hall–Kier alpha value is -1.98. The van der Waals surface area contributed by atoms with Crippen molar-refractivity contribution in [1.82, 2.24) is 0 Å². The van der Waals surface area contributed by atoms with Crippen molar-refractivity contribution in [2.24, 2.45) is 0 Å². The van der Waals surface area contributed by atoms with Gasteiger partial charge in [-0.05, 0) is 18.2 Å². The summed E-state index contributed by atoms with van der Waals surface area (Å²) in [6.45, 7) is 0. The van der Waals surface area contributed by atoms with E-state index in [0.717, 1.165) is 0 Å². The van der Waals surface area contributed by atoms with Crippen molar-refractivity contribution in [3.8, 4) is 17.2 Å². The molecule has 0 aliphatic carbocycles. The molecule has 19 heavy (non-hydrogen) atoms. The number of phenols is 1. The van der Waals surface area contributed by atoms with Gasteiger partial charge in [0.05, 0.1) is 15.0 Å². The van der Waals surface area contributed by atoms with Gasteiger partial charge in [-0.3, -0.25) is 10.1 Å². The minimum atomic E-state index is -0.549. The van der Waals surface area contributed by atoms with E-state index in [1.54, 1.807) is 0 Å². The highest BCUT2D eigenvalue weighted by Crippen LogP contribution is 2.34. The lowest BCUT2D eigenvalue weighted by Gasteiger charge is -2.08. The topological polar surface area (TPSA) is 72.6 Å². The molecule has 0 aliphatic heterocycles. The van der Waals surface area contributed by atoms with Crippen LogP contribution in [-0.2, 0) is 0 Å². The van der Waals surface area contributed by atoms with Crippen LogP contribution in [0.25, 0.3) is 0 Å². The number of benzene rings is 2. The van der Waals surface area contributed by atoms with Crippen LogP contribution >= 0.6 is 23.2 Å². The first-order valence-corrected chi connectivity index (χ1v) is 5.83. The number of ether oxygens (including phenoxy) is 1. The molecule has 0 spiro atoms. The van der Waals surface area contributed by atoms with Crippen LogP contribution in [0.1, 0.15) is 0 Å². The number of nitro benzene ring substituents is 1. The number of aromatic hydroxyl groups is 1. The number of phenolic OH excluding ortho intramolecular Hbond substituents is 1. The normalized spacial score (nSPS) is 10.2. The summed E-state index contributed by atoms with van der Waals surface area (Å²) in [7, 11) is 0. The quantitative estimate of drug-likeness (QED) is 0.673. The number of nitro groups is 1. The van der Waals surface area contributed by atoms with Gasteiger partial charge in [0.15, 0.2) is 0 Å². The summed E-state index contributed by atoms with van der Waals surface area (Å²) in [5.74, 6) is 0.552. The molecule has 7 heteroatoms. The zero-order valence-corrected chi connectivity index (χ0v) is 10.9. The highest BCUT2D eigenvalue weighted by molar-refractivity contribution is 6.32. The maximum atomic E-state index is 10.6. The van der Waals surface area contributed by atoms with Crippen LogP contribution in [0.3, 0.4) is 0 Å². The van der Waals surface area contributed by atoms with Crippen LogP contribution in [0, 0.1) is 10.1 Å². The Morgan fingerprint density at radius 2 is 1.84 bits per heavy atom. The monoisotopic (exact) mass is 299 g/mol. The molecule has 0 atom stereocenters. The molecule has 0 radical (unpaired) electrons. The average Bonchev–Trinajstić information content (AvgIpc) is 2.36. The van der Waals surface area contributed by atoms with Crippen LogP contribution in [0.2, 0.25) is 10.0 Å². The van der Waals surface area contributed by atoms with Gasteiger partial charge in [0.25, 0.3) is 5.69 Å². The maximum Gasteiger partial charge on any atom is 0.271 e. The van der Waals surface area contributed by atoms with Crippen LogP contribution < -0.4 is 4.74 Å². The number of rotatable bonds is 3. The zero-order chi connectivity index (χ0) is 14.0. The lowest BCUT2D eigenvalue weighted by molar-refractivity contribution is -0.384. The number of halogens is 2. The molecule has 0 aliphatic rings. The fourth-order valence-corrected chi connectivity index (χ4v) is 1.75. The van der Waals surface area contributed by atoms with Crippen molar-refractivity contribution in [3.63, 3.8) is 0 Å².